The fourth-order valence-corrected chi connectivity index (χ4v) is 4.05. The van der Waals surface area contributed by atoms with Crippen LogP contribution in [0.25, 0.3) is 0 Å². The van der Waals surface area contributed by atoms with Crippen LogP contribution in [0.1, 0.15) is 27.7 Å². The van der Waals surface area contributed by atoms with Crippen LogP contribution in [0.5, 0.6) is 0 Å². The van der Waals surface area contributed by atoms with Crippen molar-refractivity contribution in [1.82, 2.24) is 10.2 Å². The predicted octanol–water partition coefficient (Wildman–Crippen LogP) is -0.135. The Labute approximate surface area is 226 Å². The number of halogens is 6. The van der Waals surface area contributed by atoms with Crippen molar-refractivity contribution in [3.63, 3.8) is 0 Å². The van der Waals surface area contributed by atoms with E-state index < -0.39 is 109 Å². The highest BCUT2D eigenvalue weighted by molar-refractivity contribution is 5.81. The molecule has 5 atom stereocenters. The summed E-state index contributed by atoms with van der Waals surface area (Å²) in [7, 11) is 0. The van der Waals surface area contributed by atoms with E-state index in [9.17, 15) is 55.1 Å². The third-order valence-corrected chi connectivity index (χ3v) is 5.42. The van der Waals surface area contributed by atoms with Crippen LogP contribution >= 0.6 is 0 Å². The monoisotopic (exact) mass is 610 g/mol. The molecule has 14 nitrogen and oxygen atoms in total. The molecule has 0 spiro atoms. The smallest absolute Gasteiger partial charge is 0.453 e. The number of ether oxygens (including phenoxy) is 6. The van der Waals surface area contributed by atoms with Crippen LogP contribution in [0.4, 0.5) is 26.3 Å². The standard InChI is InChI=1S/C21H24F6N2O12/c1-8(30)36-7-12-15(37-9(2)31)16(38-10(3)32)17(39-11(4)33)18(40-12)28-13(34)5-29-6-14(35)41-19(29,20(22,23)24)21(25,26)27/h12,15-18H,5-7H2,1-4H3,(H,28,34)/t12-,15-,16+,17-,18-/m1/s1. The van der Waals surface area contributed by atoms with Gasteiger partial charge in [-0.05, 0) is 0 Å². The van der Waals surface area contributed by atoms with Crippen LogP contribution in [0.15, 0.2) is 0 Å². The lowest BCUT2D eigenvalue weighted by atomic mass is 9.97. The first-order chi connectivity index (χ1) is 18.7. The number of hydrogen-bond donors (Lipinski definition) is 1. The maximum atomic E-state index is 13.6. The maximum absolute atomic E-state index is 13.6. The summed E-state index contributed by atoms with van der Waals surface area (Å²) in [4.78, 5) is 70.4. The van der Waals surface area contributed by atoms with Crippen molar-refractivity contribution in [2.75, 3.05) is 19.7 Å². The van der Waals surface area contributed by atoms with E-state index >= 15 is 0 Å². The molecular weight excluding hydrogens is 586 g/mol. The number of hydrogen-bond acceptors (Lipinski definition) is 13. The first-order valence-corrected chi connectivity index (χ1v) is 11.4. The van der Waals surface area contributed by atoms with Crippen LogP contribution < -0.4 is 5.32 Å². The summed E-state index contributed by atoms with van der Waals surface area (Å²) in [5, 5.41) is 1.90. The van der Waals surface area contributed by atoms with Gasteiger partial charge in [-0.2, -0.15) is 26.3 Å². The van der Waals surface area contributed by atoms with Crippen molar-refractivity contribution in [2.45, 2.75) is 76.4 Å². The zero-order valence-electron chi connectivity index (χ0n) is 21.6. The summed E-state index contributed by atoms with van der Waals surface area (Å²) >= 11 is 0. The Hall–Kier alpha value is -3.68. The molecule has 0 aromatic carbocycles. The topological polar surface area (TPSA) is 173 Å². The van der Waals surface area contributed by atoms with Crippen LogP contribution in [0.2, 0.25) is 0 Å². The van der Waals surface area contributed by atoms with E-state index in [-0.39, 0.29) is 0 Å². The third-order valence-electron chi connectivity index (χ3n) is 5.42. The Morgan fingerprint density at radius 1 is 0.854 bits per heavy atom. The summed E-state index contributed by atoms with van der Waals surface area (Å²) in [5.74, 6) is -7.57. The molecule has 0 unspecified atom stereocenters. The Morgan fingerprint density at radius 2 is 1.34 bits per heavy atom. The van der Waals surface area contributed by atoms with Gasteiger partial charge in [0.05, 0.1) is 6.54 Å². The highest BCUT2D eigenvalue weighted by Crippen LogP contribution is 2.50. The second-order valence-electron chi connectivity index (χ2n) is 8.66. The lowest BCUT2D eigenvalue weighted by Gasteiger charge is -2.44. The molecule has 0 aliphatic carbocycles. The van der Waals surface area contributed by atoms with E-state index in [0.717, 1.165) is 27.7 Å². The Morgan fingerprint density at radius 3 is 1.80 bits per heavy atom. The van der Waals surface area contributed by atoms with Gasteiger partial charge < -0.3 is 33.7 Å². The lowest BCUT2D eigenvalue weighted by Crippen LogP contribution is -2.68. The van der Waals surface area contributed by atoms with Crippen LogP contribution in [-0.4, -0.2) is 109 Å². The second-order valence-corrected chi connectivity index (χ2v) is 8.66. The average Bonchev–Trinajstić information content (AvgIpc) is 3.12. The van der Waals surface area contributed by atoms with Gasteiger partial charge in [-0.1, -0.05) is 0 Å². The van der Waals surface area contributed by atoms with Gasteiger partial charge in [0.15, 0.2) is 24.5 Å². The molecule has 2 heterocycles. The number of alkyl halides is 6. The molecule has 232 valence electrons. The number of rotatable bonds is 8. The number of nitrogens with zero attached hydrogens (tertiary/aromatic N) is 1. The summed E-state index contributed by atoms with van der Waals surface area (Å²) in [5.41, 5.74) is -5.16. The number of esters is 5. The average molecular weight is 610 g/mol. The minimum absolute atomic E-state index is 0.615. The van der Waals surface area contributed by atoms with E-state index in [2.05, 4.69) is 4.74 Å². The van der Waals surface area contributed by atoms with E-state index in [0.29, 0.717) is 0 Å². The SMILES string of the molecule is CC(=O)OC[C@H]1O[C@@H](NC(=O)CN2CC(=O)OC2(C(F)(F)F)C(F)(F)F)[C@H](OC(C)=O)[C@@H](OC(C)=O)[C@@H]1OC(C)=O. The Kier molecular flexibility index (Phi) is 10.2. The number of amides is 1. The molecule has 20 heteroatoms. The molecule has 0 aromatic rings. The quantitative estimate of drug-likeness (QED) is 0.219. The summed E-state index contributed by atoms with van der Waals surface area (Å²) in [6.45, 7) is -0.440. The summed E-state index contributed by atoms with van der Waals surface area (Å²) < 4.78 is 111. The predicted molar refractivity (Wildman–Crippen MR) is 113 cm³/mol. The molecule has 2 saturated heterocycles. The van der Waals surface area contributed by atoms with Crippen LogP contribution in [0, 0.1) is 0 Å². The first kappa shape index (κ1) is 33.5. The van der Waals surface area contributed by atoms with Crippen molar-refractivity contribution in [3.05, 3.63) is 0 Å². The van der Waals surface area contributed by atoms with Crippen molar-refractivity contribution in [2.24, 2.45) is 0 Å². The largest absolute Gasteiger partial charge is 0.463 e. The zero-order valence-corrected chi connectivity index (χ0v) is 21.6. The molecule has 0 aromatic heterocycles. The van der Waals surface area contributed by atoms with Gasteiger partial charge in [0.25, 0.3) is 0 Å². The molecule has 2 aliphatic rings. The normalized spacial score (nSPS) is 26.4. The molecule has 41 heavy (non-hydrogen) atoms. The molecule has 0 radical (unpaired) electrons. The van der Waals surface area contributed by atoms with Gasteiger partial charge in [-0.25, -0.2) is 4.90 Å². The van der Waals surface area contributed by atoms with Crippen LogP contribution in [-0.2, 0) is 57.2 Å². The summed E-state index contributed by atoms with van der Waals surface area (Å²) in [6, 6.07) is 0. The molecule has 1 amide bonds. The van der Waals surface area contributed by atoms with Gasteiger partial charge in [-0.3, -0.25) is 28.8 Å². The van der Waals surface area contributed by atoms with E-state index in [1.165, 1.54) is 0 Å². The molecular formula is C21H24F6N2O12. The molecule has 2 aliphatic heterocycles. The highest BCUT2D eigenvalue weighted by atomic mass is 19.4. The maximum Gasteiger partial charge on any atom is 0.453 e. The fraction of sp³-hybridized carbons (Fsp3) is 0.714. The van der Waals surface area contributed by atoms with Gasteiger partial charge in [0, 0.05) is 27.7 Å². The van der Waals surface area contributed by atoms with Crippen molar-refractivity contribution >= 4 is 35.8 Å². The zero-order chi connectivity index (χ0) is 31.5. The van der Waals surface area contributed by atoms with Crippen molar-refractivity contribution in [1.29, 1.82) is 0 Å². The lowest BCUT2D eigenvalue weighted by molar-refractivity contribution is -0.398. The first-order valence-electron chi connectivity index (χ1n) is 11.4. The van der Waals surface area contributed by atoms with Crippen molar-refractivity contribution < 1.29 is 83.5 Å². The summed E-state index contributed by atoms with van der Waals surface area (Å²) in [6.07, 6.45) is -21.4. The number of carbonyl (C=O) groups is 6. The molecule has 2 fully saturated rings. The van der Waals surface area contributed by atoms with Gasteiger partial charge >= 0.3 is 47.9 Å². The molecule has 0 saturated carbocycles. The Bertz CT molecular complexity index is 1050. The second kappa shape index (κ2) is 12.5. The Balaban J connectivity index is 2.46. The number of nitrogens with one attached hydrogen (secondary N) is 1. The van der Waals surface area contributed by atoms with E-state index in [4.69, 9.17) is 23.7 Å². The molecule has 0 bridgehead atoms. The van der Waals surface area contributed by atoms with Gasteiger partial charge in [-0.15, -0.1) is 0 Å². The minimum Gasteiger partial charge on any atom is -0.463 e. The molecule has 1 N–H and O–H groups in total. The van der Waals surface area contributed by atoms with Crippen LogP contribution in [0.3, 0.4) is 0 Å². The van der Waals surface area contributed by atoms with E-state index in [1.807, 2.05) is 5.32 Å². The minimum atomic E-state index is -6.23. The van der Waals surface area contributed by atoms with Crippen molar-refractivity contribution in [3.8, 4) is 0 Å². The highest BCUT2D eigenvalue weighted by Gasteiger charge is 2.80. The van der Waals surface area contributed by atoms with Gasteiger partial charge in [0.2, 0.25) is 5.91 Å². The number of carbonyl (C=O) groups excluding carboxylic acids is 6. The third kappa shape index (κ3) is 7.75. The molecule has 2 rings (SSSR count). The van der Waals surface area contributed by atoms with Gasteiger partial charge in [0.1, 0.15) is 19.3 Å². The fourth-order valence-electron chi connectivity index (χ4n) is 4.05. The number of cyclic esters (lactones) is 1. The van der Waals surface area contributed by atoms with E-state index in [1.54, 1.807) is 0 Å².